The molecule has 1 amide bonds. The molecule has 3 aromatic rings. The largest absolute Gasteiger partial charge is 0.471 e. The Morgan fingerprint density at radius 2 is 2.04 bits per heavy atom. The molecule has 5 nitrogen and oxygen atoms in total. The maximum Gasteiger partial charge on any atom is 0.417 e. The number of hydrogen-bond acceptors (Lipinski definition) is 6. The highest BCUT2D eigenvalue weighted by molar-refractivity contribution is 8.01. The number of nitrogens with zero attached hydrogens (tertiary/aromatic N) is 3. The smallest absolute Gasteiger partial charge is 0.417 e. The molecule has 4 rings (SSSR count). The molecular weight excluding hydrogens is 411 g/mol. The number of carbonyl (C=O) groups excluding carboxylic acids is 1. The second-order valence-corrected chi connectivity index (χ2v) is 8.41. The number of thiazole rings is 1. The maximum absolute atomic E-state index is 12.5. The van der Waals surface area contributed by atoms with Crippen molar-refractivity contribution in [3.63, 3.8) is 0 Å². The molecule has 0 saturated carbocycles. The molecule has 0 N–H and O–H groups in total. The van der Waals surface area contributed by atoms with Crippen LogP contribution in [0.5, 0.6) is 5.88 Å². The molecule has 0 atom stereocenters. The van der Waals surface area contributed by atoms with Crippen molar-refractivity contribution >= 4 is 39.2 Å². The fourth-order valence-electron chi connectivity index (χ4n) is 2.63. The molecular formula is C18H14F3N3O2S2. The number of ether oxygens (including phenoxy) is 1. The van der Waals surface area contributed by atoms with E-state index < -0.39 is 11.7 Å². The molecule has 0 bridgehead atoms. The van der Waals surface area contributed by atoms with E-state index in [1.54, 1.807) is 16.2 Å². The summed E-state index contributed by atoms with van der Waals surface area (Å²) < 4.78 is 45.0. The molecule has 28 heavy (non-hydrogen) atoms. The topological polar surface area (TPSA) is 55.3 Å². The first-order valence-corrected chi connectivity index (χ1v) is 10.1. The van der Waals surface area contributed by atoms with Crippen LogP contribution in [0, 0.1) is 0 Å². The van der Waals surface area contributed by atoms with E-state index in [1.807, 2.05) is 24.3 Å². The van der Waals surface area contributed by atoms with Gasteiger partial charge in [-0.15, -0.1) is 11.3 Å². The van der Waals surface area contributed by atoms with Gasteiger partial charge in [-0.2, -0.15) is 13.2 Å². The van der Waals surface area contributed by atoms with Crippen LogP contribution in [-0.4, -0.2) is 45.7 Å². The fraction of sp³-hybridized carbons (Fsp3) is 0.278. The van der Waals surface area contributed by atoms with E-state index in [-0.39, 0.29) is 23.6 Å². The lowest BCUT2D eigenvalue weighted by molar-refractivity contribution is -0.138. The van der Waals surface area contributed by atoms with Gasteiger partial charge < -0.3 is 9.64 Å². The van der Waals surface area contributed by atoms with Gasteiger partial charge in [0.15, 0.2) is 4.34 Å². The zero-order valence-electron chi connectivity index (χ0n) is 14.3. The van der Waals surface area contributed by atoms with Crippen LogP contribution in [0.3, 0.4) is 0 Å². The first kappa shape index (κ1) is 19.0. The first-order chi connectivity index (χ1) is 13.4. The molecule has 1 fully saturated rings. The van der Waals surface area contributed by atoms with E-state index in [0.29, 0.717) is 13.1 Å². The lowest BCUT2D eigenvalue weighted by atomic mass is 10.1. The highest BCUT2D eigenvalue weighted by Crippen LogP contribution is 2.31. The van der Waals surface area contributed by atoms with Gasteiger partial charge in [-0.05, 0) is 18.2 Å². The minimum Gasteiger partial charge on any atom is -0.471 e. The van der Waals surface area contributed by atoms with Crippen molar-refractivity contribution in [1.29, 1.82) is 0 Å². The van der Waals surface area contributed by atoms with Crippen molar-refractivity contribution in [2.24, 2.45) is 0 Å². The van der Waals surface area contributed by atoms with Crippen LogP contribution in [0.1, 0.15) is 5.56 Å². The SMILES string of the molecule is O=C(CSc1nc2ccccc2s1)N1CC(Oc2ccc(C(F)(F)F)cn2)C1. The number of carbonyl (C=O) groups is 1. The van der Waals surface area contributed by atoms with Gasteiger partial charge in [0, 0.05) is 12.3 Å². The molecule has 3 heterocycles. The molecule has 1 saturated heterocycles. The third kappa shape index (κ3) is 4.22. The number of rotatable bonds is 5. The zero-order valence-corrected chi connectivity index (χ0v) is 16.0. The summed E-state index contributed by atoms with van der Waals surface area (Å²) in [6.07, 6.45) is -3.95. The number of hydrogen-bond donors (Lipinski definition) is 0. The van der Waals surface area contributed by atoms with E-state index in [0.717, 1.165) is 26.8 Å². The number of fused-ring (bicyclic) bond motifs is 1. The van der Waals surface area contributed by atoms with Crippen LogP contribution in [0.15, 0.2) is 46.9 Å². The molecule has 146 valence electrons. The summed E-state index contributed by atoms with van der Waals surface area (Å²) in [6, 6.07) is 9.92. The standard InChI is InChI=1S/C18H14F3N3O2S2/c19-18(20,21)11-5-6-15(22-7-11)26-12-8-24(9-12)16(25)10-27-17-23-13-3-1-2-4-14(13)28-17/h1-7,12H,8-10H2. The van der Waals surface area contributed by atoms with Crippen LogP contribution in [-0.2, 0) is 11.0 Å². The summed E-state index contributed by atoms with van der Waals surface area (Å²) in [6.45, 7) is 0.782. The van der Waals surface area contributed by atoms with Crippen molar-refractivity contribution in [2.75, 3.05) is 18.8 Å². The Hall–Kier alpha value is -2.33. The van der Waals surface area contributed by atoms with Crippen molar-refractivity contribution in [2.45, 2.75) is 16.6 Å². The number of alkyl halides is 3. The van der Waals surface area contributed by atoms with Crippen LogP contribution in [0.4, 0.5) is 13.2 Å². The van der Waals surface area contributed by atoms with Gasteiger partial charge in [0.05, 0.1) is 34.6 Å². The molecule has 1 aliphatic heterocycles. The Morgan fingerprint density at radius 3 is 2.71 bits per heavy atom. The summed E-state index contributed by atoms with van der Waals surface area (Å²) in [5.41, 5.74) is 0.0982. The summed E-state index contributed by atoms with van der Waals surface area (Å²) in [7, 11) is 0. The molecule has 0 radical (unpaired) electrons. The monoisotopic (exact) mass is 425 g/mol. The lowest BCUT2D eigenvalue weighted by Crippen LogP contribution is -2.56. The highest BCUT2D eigenvalue weighted by Gasteiger charge is 2.33. The zero-order chi connectivity index (χ0) is 19.7. The number of pyridine rings is 1. The summed E-state index contributed by atoms with van der Waals surface area (Å²) in [4.78, 5) is 22.1. The van der Waals surface area contributed by atoms with Gasteiger partial charge in [0.2, 0.25) is 11.8 Å². The predicted molar refractivity (Wildman–Crippen MR) is 101 cm³/mol. The minimum absolute atomic E-state index is 0.0236. The van der Waals surface area contributed by atoms with Gasteiger partial charge in [-0.25, -0.2) is 9.97 Å². The Bertz CT molecular complexity index is 953. The minimum atomic E-state index is -4.42. The van der Waals surface area contributed by atoms with Gasteiger partial charge in [-0.1, -0.05) is 23.9 Å². The predicted octanol–water partition coefficient (Wildman–Crippen LogP) is 4.09. The van der Waals surface area contributed by atoms with Crippen molar-refractivity contribution in [3.05, 3.63) is 48.2 Å². The van der Waals surface area contributed by atoms with E-state index in [2.05, 4.69) is 9.97 Å². The third-order valence-corrected chi connectivity index (χ3v) is 6.31. The normalized spacial score (nSPS) is 14.9. The average molecular weight is 425 g/mol. The molecule has 1 aromatic carbocycles. The number of thioether (sulfide) groups is 1. The Morgan fingerprint density at radius 1 is 1.25 bits per heavy atom. The average Bonchev–Trinajstić information content (AvgIpc) is 3.05. The van der Waals surface area contributed by atoms with E-state index >= 15 is 0 Å². The number of para-hydroxylation sites is 1. The van der Waals surface area contributed by atoms with Crippen LogP contribution in [0.2, 0.25) is 0 Å². The Labute approximate surface area is 166 Å². The lowest BCUT2D eigenvalue weighted by Gasteiger charge is -2.38. The summed E-state index contributed by atoms with van der Waals surface area (Å²) in [5.74, 6) is 0.379. The second kappa shape index (κ2) is 7.59. The van der Waals surface area contributed by atoms with Gasteiger partial charge in [0.25, 0.3) is 0 Å². The molecule has 2 aromatic heterocycles. The number of aromatic nitrogens is 2. The summed E-state index contributed by atoms with van der Waals surface area (Å²) in [5, 5.41) is 0. The van der Waals surface area contributed by atoms with Gasteiger partial charge >= 0.3 is 6.18 Å². The highest BCUT2D eigenvalue weighted by atomic mass is 32.2. The van der Waals surface area contributed by atoms with E-state index in [1.165, 1.54) is 17.8 Å². The quantitative estimate of drug-likeness (QED) is 0.577. The maximum atomic E-state index is 12.5. The van der Waals surface area contributed by atoms with Crippen LogP contribution < -0.4 is 4.74 Å². The van der Waals surface area contributed by atoms with E-state index in [4.69, 9.17) is 4.74 Å². The number of likely N-dealkylation sites (tertiary alicyclic amines) is 1. The fourth-order valence-corrected chi connectivity index (χ4v) is 4.60. The second-order valence-electron chi connectivity index (χ2n) is 6.16. The summed E-state index contributed by atoms with van der Waals surface area (Å²) >= 11 is 2.95. The van der Waals surface area contributed by atoms with Crippen LogP contribution in [0.25, 0.3) is 10.2 Å². The van der Waals surface area contributed by atoms with Crippen molar-refractivity contribution in [3.8, 4) is 5.88 Å². The van der Waals surface area contributed by atoms with Crippen LogP contribution >= 0.6 is 23.1 Å². The Kier molecular flexibility index (Phi) is 5.15. The van der Waals surface area contributed by atoms with E-state index in [9.17, 15) is 18.0 Å². The van der Waals surface area contributed by atoms with Crippen molar-refractivity contribution < 1.29 is 22.7 Å². The van der Waals surface area contributed by atoms with Crippen molar-refractivity contribution in [1.82, 2.24) is 14.9 Å². The molecule has 0 spiro atoms. The molecule has 0 aliphatic carbocycles. The van der Waals surface area contributed by atoms with Gasteiger partial charge in [0.1, 0.15) is 6.10 Å². The molecule has 10 heteroatoms. The first-order valence-electron chi connectivity index (χ1n) is 8.34. The third-order valence-electron chi connectivity index (χ3n) is 4.15. The number of amides is 1. The molecule has 1 aliphatic rings. The molecule has 0 unspecified atom stereocenters. The van der Waals surface area contributed by atoms with Gasteiger partial charge in [-0.3, -0.25) is 4.79 Å². The number of halogens is 3. The number of benzene rings is 1. The Balaban J connectivity index is 1.24.